The maximum atomic E-state index is 12.3. The minimum absolute atomic E-state index is 0.0268. The molecule has 0 N–H and O–H groups in total. The Labute approximate surface area is 99.6 Å². The highest BCUT2D eigenvalue weighted by molar-refractivity contribution is 6.27. The first kappa shape index (κ1) is 10.2. The van der Waals surface area contributed by atoms with E-state index in [1.165, 1.54) is 5.57 Å². The molecule has 84 valence electrons. The fourth-order valence-corrected chi connectivity index (χ4v) is 2.51. The van der Waals surface area contributed by atoms with Gasteiger partial charge in [-0.2, -0.15) is 0 Å². The van der Waals surface area contributed by atoms with Crippen LogP contribution in [0, 0.1) is 0 Å². The van der Waals surface area contributed by atoms with Crippen LogP contribution in [0.25, 0.3) is 0 Å². The second-order valence-electron chi connectivity index (χ2n) is 4.59. The van der Waals surface area contributed by atoms with Crippen LogP contribution in [0.2, 0.25) is 0 Å². The summed E-state index contributed by atoms with van der Waals surface area (Å²) < 4.78 is 0. The van der Waals surface area contributed by atoms with Crippen LogP contribution in [0.15, 0.2) is 47.1 Å². The molecule has 1 aromatic carbocycles. The molecule has 0 fully saturated rings. The third-order valence-electron chi connectivity index (χ3n) is 3.44. The lowest BCUT2D eigenvalue weighted by molar-refractivity contribution is 0.0970. The van der Waals surface area contributed by atoms with E-state index < -0.39 is 0 Å². The SMILES string of the molecule is CC1=CCC2=C(C1)C(=O)c1ccccc1C2=O. The fraction of sp³-hybridized carbons (Fsp3) is 0.200. The zero-order chi connectivity index (χ0) is 12.0. The van der Waals surface area contributed by atoms with Crippen molar-refractivity contribution in [3.05, 3.63) is 58.2 Å². The summed E-state index contributed by atoms with van der Waals surface area (Å²) in [6, 6.07) is 7.10. The Balaban J connectivity index is 2.18. The van der Waals surface area contributed by atoms with Gasteiger partial charge < -0.3 is 0 Å². The van der Waals surface area contributed by atoms with E-state index in [2.05, 4.69) is 0 Å². The van der Waals surface area contributed by atoms with Gasteiger partial charge in [0.1, 0.15) is 0 Å². The number of hydrogen-bond acceptors (Lipinski definition) is 2. The number of carbonyl (C=O) groups excluding carboxylic acids is 2. The molecule has 2 nitrogen and oxygen atoms in total. The molecule has 0 aliphatic heterocycles. The molecule has 3 rings (SSSR count). The zero-order valence-corrected chi connectivity index (χ0v) is 9.62. The van der Waals surface area contributed by atoms with Gasteiger partial charge in [0.25, 0.3) is 0 Å². The van der Waals surface area contributed by atoms with E-state index in [4.69, 9.17) is 0 Å². The van der Waals surface area contributed by atoms with Gasteiger partial charge in [-0.05, 0) is 19.8 Å². The van der Waals surface area contributed by atoms with E-state index in [1.54, 1.807) is 24.3 Å². The van der Waals surface area contributed by atoms with Crippen LogP contribution < -0.4 is 0 Å². The number of benzene rings is 1. The van der Waals surface area contributed by atoms with Crippen molar-refractivity contribution in [2.24, 2.45) is 0 Å². The van der Waals surface area contributed by atoms with Gasteiger partial charge in [0.15, 0.2) is 11.6 Å². The molecule has 0 unspecified atom stereocenters. The standard InChI is InChI=1S/C15H12O2/c1-9-6-7-12-13(8-9)15(17)11-5-3-2-4-10(11)14(12)16/h2-6H,7-8H2,1H3. The minimum atomic E-state index is 0.0268. The first-order chi connectivity index (χ1) is 8.18. The number of hydrogen-bond donors (Lipinski definition) is 0. The molecule has 0 amide bonds. The predicted molar refractivity (Wildman–Crippen MR) is 65.1 cm³/mol. The van der Waals surface area contributed by atoms with Crippen molar-refractivity contribution < 1.29 is 9.59 Å². The Hall–Kier alpha value is -1.96. The fourth-order valence-electron chi connectivity index (χ4n) is 2.51. The minimum Gasteiger partial charge on any atom is -0.289 e. The molecular weight excluding hydrogens is 212 g/mol. The van der Waals surface area contributed by atoms with Gasteiger partial charge in [0.2, 0.25) is 0 Å². The quantitative estimate of drug-likeness (QED) is 0.634. The molecular formula is C15H12O2. The van der Waals surface area contributed by atoms with Gasteiger partial charge in [-0.25, -0.2) is 0 Å². The van der Waals surface area contributed by atoms with Gasteiger partial charge in [0.05, 0.1) is 0 Å². The third-order valence-corrected chi connectivity index (χ3v) is 3.44. The Morgan fingerprint density at radius 1 is 0.941 bits per heavy atom. The van der Waals surface area contributed by atoms with Crippen LogP contribution in [-0.4, -0.2) is 11.6 Å². The van der Waals surface area contributed by atoms with Crippen LogP contribution >= 0.6 is 0 Å². The molecule has 0 saturated carbocycles. The molecule has 0 bridgehead atoms. The number of fused-ring (bicyclic) bond motifs is 1. The van der Waals surface area contributed by atoms with Gasteiger partial charge in [-0.1, -0.05) is 35.9 Å². The summed E-state index contributed by atoms with van der Waals surface area (Å²) in [6.07, 6.45) is 3.26. The maximum absolute atomic E-state index is 12.3. The molecule has 2 aliphatic carbocycles. The van der Waals surface area contributed by atoms with E-state index >= 15 is 0 Å². The van der Waals surface area contributed by atoms with Crippen LogP contribution in [0.4, 0.5) is 0 Å². The number of Topliss-reactive ketones (excluding diaryl/α,β-unsaturated/α-hetero) is 2. The average Bonchev–Trinajstić information content (AvgIpc) is 2.36. The van der Waals surface area contributed by atoms with E-state index in [0.717, 1.165) is 0 Å². The summed E-state index contributed by atoms with van der Waals surface area (Å²) in [6.45, 7) is 2.00. The van der Waals surface area contributed by atoms with E-state index in [1.807, 2.05) is 13.0 Å². The van der Waals surface area contributed by atoms with Crippen LogP contribution in [-0.2, 0) is 0 Å². The average molecular weight is 224 g/mol. The summed E-state index contributed by atoms with van der Waals surface area (Å²) in [5.74, 6) is 0.0570. The topological polar surface area (TPSA) is 34.1 Å². The van der Waals surface area contributed by atoms with Crippen molar-refractivity contribution in [3.63, 3.8) is 0 Å². The Morgan fingerprint density at radius 2 is 1.53 bits per heavy atom. The largest absolute Gasteiger partial charge is 0.289 e. The molecule has 0 saturated heterocycles. The molecule has 0 heterocycles. The van der Waals surface area contributed by atoms with Crippen molar-refractivity contribution in [2.75, 3.05) is 0 Å². The molecule has 1 aromatic rings. The normalized spacial score (nSPS) is 18.8. The smallest absolute Gasteiger partial charge is 0.190 e. The van der Waals surface area contributed by atoms with E-state index in [9.17, 15) is 9.59 Å². The second-order valence-corrected chi connectivity index (χ2v) is 4.59. The second kappa shape index (κ2) is 3.52. The zero-order valence-electron chi connectivity index (χ0n) is 9.62. The molecule has 17 heavy (non-hydrogen) atoms. The van der Waals surface area contributed by atoms with Crippen molar-refractivity contribution in [3.8, 4) is 0 Å². The van der Waals surface area contributed by atoms with Crippen molar-refractivity contribution in [1.82, 2.24) is 0 Å². The maximum Gasteiger partial charge on any atom is 0.190 e. The van der Waals surface area contributed by atoms with Crippen LogP contribution in [0.3, 0.4) is 0 Å². The molecule has 0 radical (unpaired) electrons. The highest BCUT2D eigenvalue weighted by atomic mass is 16.1. The first-order valence-corrected chi connectivity index (χ1v) is 5.74. The van der Waals surface area contributed by atoms with Gasteiger partial charge in [-0.3, -0.25) is 9.59 Å². The lowest BCUT2D eigenvalue weighted by Crippen LogP contribution is -2.23. The Bertz CT molecular complexity index is 603. The van der Waals surface area contributed by atoms with Gasteiger partial charge in [0, 0.05) is 22.3 Å². The number of carbonyl (C=O) groups is 2. The lowest BCUT2D eigenvalue weighted by Gasteiger charge is -2.23. The third kappa shape index (κ3) is 1.41. The van der Waals surface area contributed by atoms with E-state index in [0.29, 0.717) is 35.1 Å². The first-order valence-electron chi connectivity index (χ1n) is 5.74. The van der Waals surface area contributed by atoms with E-state index in [-0.39, 0.29) is 11.6 Å². The van der Waals surface area contributed by atoms with Crippen molar-refractivity contribution in [1.29, 1.82) is 0 Å². The Kier molecular flexibility index (Phi) is 2.11. The number of ketones is 2. The number of rotatable bonds is 0. The summed E-state index contributed by atoms with van der Waals surface area (Å²) in [5.41, 5.74) is 3.69. The molecule has 0 spiro atoms. The van der Waals surface area contributed by atoms with Gasteiger partial charge >= 0.3 is 0 Å². The summed E-state index contributed by atoms with van der Waals surface area (Å²) in [5, 5.41) is 0. The molecule has 2 aliphatic rings. The lowest BCUT2D eigenvalue weighted by atomic mass is 9.78. The highest BCUT2D eigenvalue weighted by Gasteiger charge is 2.32. The summed E-state index contributed by atoms with van der Waals surface area (Å²) in [4.78, 5) is 24.6. The molecule has 2 heteroatoms. The summed E-state index contributed by atoms with van der Waals surface area (Å²) in [7, 11) is 0. The predicted octanol–water partition coefficient (Wildman–Crippen LogP) is 3.10. The summed E-state index contributed by atoms with van der Waals surface area (Å²) >= 11 is 0. The number of allylic oxidation sites excluding steroid dienone is 4. The highest BCUT2D eigenvalue weighted by Crippen LogP contribution is 2.34. The molecule has 0 atom stereocenters. The monoisotopic (exact) mass is 224 g/mol. The Morgan fingerprint density at radius 3 is 2.18 bits per heavy atom. The van der Waals surface area contributed by atoms with Crippen LogP contribution in [0.1, 0.15) is 40.5 Å². The van der Waals surface area contributed by atoms with Gasteiger partial charge in [-0.15, -0.1) is 0 Å². The van der Waals surface area contributed by atoms with Crippen molar-refractivity contribution >= 4 is 11.6 Å². The van der Waals surface area contributed by atoms with Crippen LogP contribution in [0.5, 0.6) is 0 Å². The molecule has 0 aromatic heterocycles. The van der Waals surface area contributed by atoms with Crippen molar-refractivity contribution in [2.45, 2.75) is 19.8 Å².